The smallest absolute Gasteiger partial charge is 0.277 e. The fourth-order valence-corrected chi connectivity index (χ4v) is 3.46. The van der Waals surface area contributed by atoms with Gasteiger partial charge in [-0.3, -0.25) is 4.79 Å². The van der Waals surface area contributed by atoms with Crippen LogP contribution in [0, 0.1) is 6.92 Å². The summed E-state index contributed by atoms with van der Waals surface area (Å²) in [6, 6.07) is 31.3. The maximum atomic E-state index is 12.1. The summed E-state index contributed by atoms with van der Waals surface area (Å²) >= 11 is 0. The normalized spacial score (nSPS) is 10.7. The van der Waals surface area contributed by atoms with Crippen LogP contribution in [0.2, 0.25) is 0 Å². The molecule has 0 aromatic heterocycles. The van der Waals surface area contributed by atoms with Crippen molar-refractivity contribution in [1.82, 2.24) is 5.43 Å². The van der Waals surface area contributed by atoms with E-state index in [1.165, 1.54) is 5.56 Å². The van der Waals surface area contributed by atoms with E-state index in [1.54, 1.807) is 19.4 Å². The second-order valence-corrected chi connectivity index (χ2v) is 8.16. The zero-order valence-electron chi connectivity index (χ0n) is 20.3. The van der Waals surface area contributed by atoms with Crippen LogP contribution in [0.5, 0.6) is 17.2 Å². The van der Waals surface area contributed by atoms with Crippen LogP contribution in [0.25, 0.3) is 11.1 Å². The third-order valence-electron chi connectivity index (χ3n) is 5.44. The van der Waals surface area contributed by atoms with Gasteiger partial charge in [0, 0.05) is 0 Å². The Balaban J connectivity index is 1.25. The zero-order valence-corrected chi connectivity index (χ0v) is 20.3. The molecule has 1 N–H and O–H groups in total. The third-order valence-corrected chi connectivity index (χ3v) is 5.44. The maximum Gasteiger partial charge on any atom is 0.277 e. The highest BCUT2D eigenvalue weighted by molar-refractivity contribution is 5.83. The second kappa shape index (κ2) is 12.2. The summed E-state index contributed by atoms with van der Waals surface area (Å²) in [5.41, 5.74) is 7.72. The minimum absolute atomic E-state index is 0.142. The highest BCUT2D eigenvalue weighted by atomic mass is 16.5. The minimum Gasteiger partial charge on any atom is -0.493 e. The van der Waals surface area contributed by atoms with Crippen LogP contribution in [0.1, 0.15) is 16.7 Å². The number of rotatable bonds is 10. The molecule has 0 fully saturated rings. The summed E-state index contributed by atoms with van der Waals surface area (Å²) in [5.74, 6) is 1.47. The Morgan fingerprint density at radius 2 is 1.56 bits per heavy atom. The molecule has 0 aliphatic carbocycles. The lowest BCUT2D eigenvalue weighted by atomic mass is 10.1. The molecular formula is C30H28N2O4. The van der Waals surface area contributed by atoms with Crippen LogP contribution >= 0.6 is 0 Å². The Hall–Kier alpha value is -4.58. The number of nitrogens with zero attached hydrogens (tertiary/aromatic N) is 1. The fraction of sp³-hybridized carbons (Fsp3) is 0.133. The number of ether oxygens (including phenoxy) is 3. The van der Waals surface area contributed by atoms with Gasteiger partial charge < -0.3 is 14.2 Å². The molecule has 6 heteroatoms. The Bertz CT molecular complexity index is 1300. The van der Waals surface area contributed by atoms with Gasteiger partial charge >= 0.3 is 0 Å². The summed E-state index contributed by atoms with van der Waals surface area (Å²) < 4.78 is 16.9. The van der Waals surface area contributed by atoms with Crippen LogP contribution in [0.3, 0.4) is 0 Å². The summed E-state index contributed by atoms with van der Waals surface area (Å²) in [6.45, 7) is 2.35. The van der Waals surface area contributed by atoms with Crippen LogP contribution in [-0.2, 0) is 11.4 Å². The molecule has 4 rings (SSSR count). The molecule has 182 valence electrons. The zero-order chi connectivity index (χ0) is 25.2. The van der Waals surface area contributed by atoms with Gasteiger partial charge in [0.15, 0.2) is 18.1 Å². The predicted molar refractivity (Wildman–Crippen MR) is 142 cm³/mol. The van der Waals surface area contributed by atoms with E-state index in [0.29, 0.717) is 23.9 Å². The van der Waals surface area contributed by atoms with Crippen molar-refractivity contribution in [3.05, 3.63) is 114 Å². The van der Waals surface area contributed by atoms with Crippen LogP contribution in [-0.4, -0.2) is 25.8 Å². The van der Waals surface area contributed by atoms with Gasteiger partial charge in [-0.1, -0.05) is 72.3 Å². The lowest BCUT2D eigenvalue weighted by molar-refractivity contribution is -0.123. The van der Waals surface area contributed by atoms with Gasteiger partial charge in [0.05, 0.1) is 13.3 Å². The van der Waals surface area contributed by atoms with Crippen molar-refractivity contribution >= 4 is 12.1 Å². The first kappa shape index (κ1) is 24.5. The average molecular weight is 481 g/mol. The van der Waals surface area contributed by atoms with Crippen molar-refractivity contribution in [3.8, 4) is 28.4 Å². The average Bonchev–Trinajstić information content (AvgIpc) is 2.92. The van der Waals surface area contributed by atoms with Gasteiger partial charge in [0.1, 0.15) is 12.4 Å². The summed E-state index contributed by atoms with van der Waals surface area (Å²) in [5, 5.41) is 4.01. The molecular weight excluding hydrogens is 452 g/mol. The first-order valence-corrected chi connectivity index (χ1v) is 11.6. The molecule has 1 amide bonds. The molecule has 36 heavy (non-hydrogen) atoms. The predicted octanol–water partition coefficient (Wildman–Crippen LogP) is 5.78. The SMILES string of the molecule is COc1cc(/C=N/NC(=O)COc2ccc(-c3ccccc3)cc2)ccc1OCc1ccc(C)cc1. The highest BCUT2D eigenvalue weighted by Gasteiger charge is 2.07. The minimum atomic E-state index is -0.358. The number of hydrazone groups is 1. The van der Waals surface area contributed by atoms with E-state index in [-0.39, 0.29) is 12.5 Å². The van der Waals surface area contributed by atoms with Crippen LogP contribution in [0.15, 0.2) is 102 Å². The topological polar surface area (TPSA) is 69.2 Å². The molecule has 0 bridgehead atoms. The number of hydrogen-bond donors (Lipinski definition) is 1. The number of carbonyl (C=O) groups excluding carboxylic acids is 1. The van der Waals surface area contributed by atoms with E-state index < -0.39 is 0 Å². The molecule has 0 saturated heterocycles. The number of aryl methyl sites for hydroxylation is 1. The van der Waals surface area contributed by atoms with Crippen molar-refractivity contribution < 1.29 is 19.0 Å². The van der Waals surface area contributed by atoms with Crippen molar-refractivity contribution in [2.75, 3.05) is 13.7 Å². The molecule has 0 spiro atoms. The van der Waals surface area contributed by atoms with Gasteiger partial charge in [-0.05, 0) is 59.5 Å². The van der Waals surface area contributed by atoms with E-state index in [4.69, 9.17) is 14.2 Å². The van der Waals surface area contributed by atoms with Gasteiger partial charge in [-0.25, -0.2) is 5.43 Å². The first-order chi connectivity index (χ1) is 17.6. The molecule has 0 heterocycles. The lowest BCUT2D eigenvalue weighted by Gasteiger charge is -2.11. The van der Waals surface area contributed by atoms with Crippen molar-refractivity contribution in [1.29, 1.82) is 0 Å². The Morgan fingerprint density at radius 1 is 0.833 bits per heavy atom. The Morgan fingerprint density at radius 3 is 2.28 bits per heavy atom. The number of benzene rings is 4. The summed E-state index contributed by atoms with van der Waals surface area (Å²) in [6.07, 6.45) is 1.54. The Kier molecular flexibility index (Phi) is 8.33. The standard InChI is InChI=1S/C30H28N2O4/c1-22-8-10-23(11-9-22)20-36-28-17-12-24(18-29(28)34-2)19-31-32-30(33)21-35-27-15-13-26(14-16-27)25-6-4-3-5-7-25/h3-19H,20-21H2,1-2H3,(H,32,33)/b31-19+. The van der Waals surface area contributed by atoms with Gasteiger partial charge in [0.2, 0.25) is 0 Å². The molecule has 0 saturated carbocycles. The van der Waals surface area contributed by atoms with Crippen molar-refractivity contribution in [2.45, 2.75) is 13.5 Å². The number of amides is 1. The largest absolute Gasteiger partial charge is 0.493 e. The molecule has 0 aliphatic rings. The number of hydrogen-bond acceptors (Lipinski definition) is 5. The number of carbonyl (C=O) groups is 1. The first-order valence-electron chi connectivity index (χ1n) is 11.6. The van der Waals surface area contributed by atoms with E-state index >= 15 is 0 Å². The van der Waals surface area contributed by atoms with Gasteiger partial charge in [0.25, 0.3) is 5.91 Å². The molecule has 4 aromatic rings. The monoisotopic (exact) mass is 480 g/mol. The fourth-order valence-electron chi connectivity index (χ4n) is 3.46. The number of nitrogens with one attached hydrogen (secondary N) is 1. The lowest BCUT2D eigenvalue weighted by Crippen LogP contribution is -2.24. The van der Waals surface area contributed by atoms with E-state index in [2.05, 4.69) is 22.7 Å². The van der Waals surface area contributed by atoms with E-state index in [1.807, 2.05) is 85.8 Å². The molecule has 0 aliphatic heterocycles. The molecule has 0 radical (unpaired) electrons. The van der Waals surface area contributed by atoms with Gasteiger partial charge in [-0.15, -0.1) is 0 Å². The Labute approximate surface area is 211 Å². The van der Waals surface area contributed by atoms with Crippen LogP contribution in [0.4, 0.5) is 0 Å². The molecule has 0 unspecified atom stereocenters. The third kappa shape index (κ3) is 6.96. The molecule has 0 atom stereocenters. The summed E-state index contributed by atoms with van der Waals surface area (Å²) in [7, 11) is 1.58. The van der Waals surface area contributed by atoms with Crippen molar-refractivity contribution in [2.24, 2.45) is 5.10 Å². The molecule has 4 aromatic carbocycles. The maximum absolute atomic E-state index is 12.1. The highest BCUT2D eigenvalue weighted by Crippen LogP contribution is 2.28. The summed E-state index contributed by atoms with van der Waals surface area (Å²) in [4.78, 5) is 12.1. The quantitative estimate of drug-likeness (QED) is 0.231. The van der Waals surface area contributed by atoms with Crippen molar-refractivity contribution in [3.63, 3.8) is 0 Å². The van der Waals surface area contributed by atoms with E-state index in [0.717, 1.165) is 22.3 Å². The van der Waals surface area contributed by atoms with E-state index in [9.17, 15) is 4.79 Å². The van der Waals surface area contributed by atoms with Crippen LogP contribution < -0.4 is 19.6 Å². The number of methoxy groups -OCH3 is 1. The van der Waals surface area contributed by atoms with Gasteiger partial charge in [-0.2, -0.15) is 5.10 Å². The second-order valence-electron chi connectivity index (χ2n) is 8.16. The molecule has 6 nitrogen and oxygen atoms in total.